The van der Waals surface area contributed by atoms with Gasteiger partial charge in [-0.2, -0.15) is 0 Å². The van der Waals surface area contributed by atoms with Crippen molar-refractivity contribution >= 4 is 34.0 Å². The second kappa shape index (κ2) is 7.70. The van der Waals surface area contributed by atoms with Crippen LogP contribution in [0.1, 0.15) is 24.8 Å². The van der Waals surface area contributed by atoms with Gasteiger partial charge in [-0.05, 0) is 37.6 Å². The summed E-state index contributed by atoms with van der Waals surface area (Å²) in [5.41, 5.74) is 1.72. The molecule has 0 aliphatic carbocycles. The van der Waals surface area contributed by atoms with Crippen molar-refractivity contribution in [2.75, 3.05) is 0 Å². The Morgan fingerprint density at radius 2 is 2.04 bits per heavy atom. The zero-order chi connectivity index (χ0) is 18.8. The highest BCUT2D eigenvalue weighted by Crippen LogP contribution is 2.28. The van der Waals surface area contributed by atoms with Crippen molar-refractivity contribution in [1.29, 1.82) is 0 Å². The van der Waals surface area contributed by atoms with Gasteiger partial charge in [0.25, 0.3) is 5.56 Å². The smallest absolute Gasteiger partial charge is 0.262 e. The molecule has 3 heterocycles. The lowest BCUT2D eigenvalue weighted by molar-refractivity contribution is 0.548. The Bertz CT molecular complexity index is 1140. The Labute approximate surface area is 165 Å². The van der Waals surface area contributed by atoms with Crippen LogP contribution in [0.4, 0.5) is 0 Å². The zero-order valence-corrected chi connectivity index (χ0v) is 16.8. The molecule has 1 aromatic carbocycles. The van der Waals surface area contributed by atoms with Crippen LogP contribution >= 0.6 is 23.1 Å². The maximum atomic E-state index is 12.8. The predicted molar refractivity (Wildman–Crippen MR) is 110 cm³/mol. The number of aromatic nitrogens is 3. The highest BCUT2D eigenvalue weighted by molar-refractivity contribution is 7.98. The van der Waals surface area contributed by atoms with Gasteiger partial charge in [-0.1, -0.05) is 30.8 Å². The minimum Gasteiger partial charge on any atom is -0.459 e. The van der Waals surface area contributed by atoms with Gasteiger partial charge in [0, 0.05) is 17.7 Å². The molecule has 0 saturated carbocycles. The molecule has 5 nitrogen and oxygen atoms in total. The lowest BCUT2D eigenvalue weighted by Crippen LogP contribution is -2.23. The molecule has 0 aliphatic heterocycles. The number of thioether (sulfide) groups is 1. The first-order chi connectivity index (χ1) is 13.2. The van der Waals surface area contributed by atoms with E-state index in [2.05, 4.69) is 11.9 Å². The second-order valence-corrected chi connectivity index (χ2v) is 8.01. The Hall–Kier alpha value is -2.38. The van der Waals surface area contributed by atoms with Gasteiger partial charge in [-0.3, -0.25) is 9.36 Å². The van der Waals surface area contributed by atoms with Crippen molar-refractivity contribution in [3.63, 3.8) is 0 Å². The van der Waals surface area contributed by atoms with Gasteiger partial charge >= 0.3 is 0 Å². The van der Waals surface area contributed by atoms with Gasteiger partial charge in [0.1, 0.15) is 5.76 Å². The standard InChI is InChI=1S/C20H19N3O2S2/c1-3-10-23-19(24)15-6-4-5-7-16(15)22-20(23)27-12-14-11-26-18(21-14)17-9-8-13(2)25-17/h4-9,11H,3,10,12H2,1-2H3. The number of aryl methyl sites for hydroxylation is 1. The number of fused-ring (bicyclic) bond motifs is 1. The lowest BCUT2D eigenvalue weighted by Gasteiger charge is -2.11. The van der Waals surface area contributed by atoms with E-state index in [1.54, 1.807) is 27.7 Å². The Kier molecular flexibility index (Phi) is 5.13. The van der Waals surface area contributed by atoms with E-state index in [-0.39, 0.29) is 5.56 Å². The molecule has 0 unspecified atom stereocenters. The van der Waals surface area contributed by atoms with E-state index < -0.39 is 0 Å². The first-order valence-electron chi connectivity index (χ1n) is 8.79. The van der Waals surface area contributed by atoms with Crippen molar-refractivity contribution in [2.24, 2.45) is 0 Å². The molecule has 0 atom stereocenters. The Morgan fingerprint density at radius 3 is 2.81 bits per heavy atom. The SMILES string of the molecule is CCCn1c(SCc2csc(-c3ccc(C)o3)n2)nc2ccccc2c1=O. The summed E-state index contributed by atoms with van der Waals surface area (Å²) < 4.78 is 7.42. The Morgan fingerprint density at radius 1 is 1.19 bits per heavy atom. The summed E-state index contributed by atoms with van der Waals surface area (Å²) >= 11 is 3.11. The first kappa shape index (κ1) is 18.0. The van der Waals surface area contributed by atoms with Crippen LogP contribution in [0.2, 0.25) is 0 Å². The first-order valence-corrected chi connectivity index (χ1v) is 10.7. The van der Waals surface area contributed by atoms with Crippen LogP contribution < -0.4 is 5.56 Å². The summed E-state index contributed by atoms with van der Waals surface area (Å²) in [7, 11) is 0. The summed E-state index contributed by atoms with van der Waals surface area (Å²) in [6, 6.07) is 11.4. The largest absolute Gasteiger partial charge is 0.459 e. The maximum absolute atomic E-state index is 12.8. The zero-order valence-electron chi connectivity index (χ0n) is 15.1. The molecule has 0 fully saturated rings. The van der Waals surface area contributed by atoms with Gasteiger partial charge in [0.05, 0.1) is 16.6 Å². The molecule has 138 valence electrons. The maximum Gasteiger partial charge on any atom is 0.262 e. The number of furan rings is 1. The van der Waals surface area contributed by atoms with Crippen LogP contribution in [0.15, 0.2) is 56.1 Å². The number of benzene rings is 1. The number of nitrogens with zero attached hydrogens (tertiary/aromatic N) is 3. The fraction of sp³-hybridized carbons (Fsp3) is 0.250. The number of hydrogen-bond acceptors (Lipinski definition) is 6. The van der Waals surface area contributed by atoms with Crippen molar-refractivity contribution in [3.8, 4) is 10.8 Å². The normalized spacial score (nSPS) is 11.3. The van der Waals surface area contributed by atoms with Gasteiger partial charge in [0.15, 0.2) is 15.9 Å². The molecule has 0 saturated heterocycles. The minimum atomic E-state index is 0.0231. The van der Waals surface area contributed by atoms with E-state index in [1.165, 1.54) is 0 Å². The molecule has 27 heavy (non-hydrogen) atoms. The van der Waals surface area contributed by atoms with Crippen molar-refractivity contribution in [2.45, 2.75) is 37.7 Å². The molecule has 0 amide bonds. The minimum absolute atomic E-state index is 0.0231. The molecule has 3 aromatic heterocycles. The molecule has 0 N–H and O–H groups in total. The third-order valence-electron chi connectivity index (χ3n) is 4.13. The quantitative estimate of drug-likeness (QED) is 0.334. The van der Waals surface area contributed by atoms with Crippen molar-refractivity contribution in [3.05, 3.63) is 63.6 Å². The number of para-hydroxylation sites is 1. The van der Waals surface area contributed by atoms with Crippen LogP contribution in [-0.2, 0) is 12.3 Å². The fourth-order valence-corrected chi connectivity index (χ4v) is 4.66. The van der Waals surface area contributed by atoms with Gasteiger partial charge in [0.2, 0.25) is 0 Å². The summed E-state index contributed by atoms with van der Waals surface area (Å²) in [5, 5.41) is 4.31. The topological polar surface area (TPSA) is 60.9 Å². The molecule has 4 rings (SSSR count). The summed E-state index contributed by atoms with van der Waals surface area (Å²) in [5.74, 6) is 2.32. The number of hydrogen-bond donors (Lipinski definition) is 0. The molecule has 0 radical (unpaired) electrons. The summed E-state index contributed by atoms with van der Waals surface area (Å²) in [4.78, 5) is 22.2. The summed E-state index contributed by atoms with van der Waals surface area (Å²) in [6.07, 6.45) is 0.881. The van der Waals surface area contributed by atoms with Crippen molar-refractivity contribution in [1.82, 2.24) is 14.5 Å². The van der Waals surface area contributed by atoms with E-state index in [9.17, 15) is 4.79 Å². The number of thiazole rings is 1. The van der Waals surface area contributed by atoms with Gasteiger partial charge in [-0.15, -0.1) is 11.3 Å². The third-order valence-corrected chi connectivity index (χ3v) is 6.04. The predicted octanol–water partition coefficient (Wildman–Crippen LogP) is 5.12. The monoisotopic (exact) mass is 397 g/mol. The molecule has 0 spiro atoms. The van der Waals surface area contributed by atoms with E-state index in [0.717, 1.165) is 39.3 Å². The van der Waals surface area contributed by atoms with Crippen LogP contribution in [0.25, 0.3) is 21.7 Å². The molecule has 7 heteroatoms. The van der Waals surface area contributed by atoms with E-state index in [4.69, 9.17) is 9.40 Å². The average Bonchev–Trinajstić information content (AvgIpc) is 3.31. The fourth-order valence-electron chi connectivity index (χ4n) is 2.85. The molecule has 4 aromatic rings. The van der Waals surface area contributed by atoms with E-state index in [0.29, 0.717) is 17.7 Å². The average molecular weight is 398 g/mol. The van der Waals surface area contributed by atoms with Crippen molar-refractivity contribution < 1.29 is 4.42 Å². The molecule has 0 aliphatic rings. The Balaban J connectivity index is 1.61. The lowest BCUT2D eigenvalue weighted by atomic mass is 10.2. The van der Waals surface area contributed by atoms with E-state index >= 15 is 0 Å². The third kappa shape index (κ3) is 3.70. The molecular weight excluding hydrogens is 378 g/mol. The van der Waals surface area contributed by atoms with Crippen LogP contribution in [0.5, 0.6) is 0 Å². The number of rotatable bonds is 6. The highest BCUT2D eigenvalue weighted by atomic mass is 32.2. The molecular formula is C20H19N3O2S2. The highest BCUT2D eigenvalue weighted by Gasteiger charge is 2.13. The van der Waals surface area contributed by atoms with E-state index in [1.807, 2.05) is 48.7 Å². The van der Waals surface area contributed by atoms with Crippen LogP contribution in [0.3, 0.4) is 0 Å². The van der Waals surface area contributed by atoms with Gasteiger partial charge < -0.3 is 4.42 Å². The van der Waals surface area contributed by atoms with Crippen LogP contribution in [0, 0.1) is 6.92 Å². The second-order valence-electron chi connectivity index (χ2n) is 6.21. The summed E-state index contributed by atoms with van der Waals surface area (Å²) in [6.45, 7) is 4.65. The van der Waals surface area contributed by atoms with Gasteiger partial charge in [-0.25, -0.2) is 9.97 Å². The molecule has 0 bridgehead atoms. The van der Waals surface area contributed by atoms with Crippen LogP contribution in [-0.4, -0.2) is 14.5 Å².